The predicted molar refractivity (Wildman–Crippen MR) is 71.6 cm³/mol. The fraction of sp³-hybridized carbons (Fsp3) is 0.385. The van der Waals surface area contributed by atoms with Crippen molar-refractivity contribution in [2.24, 2.45) is 0 Å². The lowest BCUT2D eigenvalue weighted by Gasteiger charge is -2.12. The summed E-state index contributed by atoms with van der Waals surface area (Å²) < 4.78 is 0. The standard InChI is InChI=1S/C13H17NO3S/c1-2-3-6-11(13(16)17)14-12(15)8-7-10-5-4-9-18-10/h2-5,9,11H,6-8H2,1H3,(H,14,15)(H,16,17)/b3-2+. The van der Waals surface area contributed by atoms with Gasteiger partial charge in [0.05, 0.1) is 0 Å². The lowest BCUT2D eigenvalue weighted by Crippen LogP contribution is -2.40. The highest BCUT2D eigenvalue weighted by Crippen LogP contribution is 2.10. The quantitative estimate of drug-likeness (QED) is 0.744. The van der Waals surface area contributed by atoms with Crippen LogP contribution in [0, 0.1) is 0 Å². The van der Waals surface area contributed by atoms with Crippen molar-refractivity contribution in [1.82, 2.24) is 5.32 Å². The number of rotatable bonds is 7. The molecule has 0 radical (unpaired) electrons. The second-order valence-electron chi connectivity index (χ2n) is 3.84. The molecule has 1 amide bonds. The second kappa shape index (κ2) is 7.66. The number of allylic oxidation sites excluding steroid dienone is 1. The summed E-state index contributed by atoms with van der Waals surface area (Å²) in [6.45, 7) is 1.82. The van der Waals surface area contributed by atoms with Crippen LogP contribution in [0.25, 0.3) is 0 Å². The van der Waals surface area contributed by atoms with Crippen molar-refractivity contribution in [1.29, 1.82) is 0 Å². The smallest absolute Gasteiger partial charge is 0.326 e. The lowest BCUT2D eigenvalue weighted by atomic mass is 10.2. The van der Waals surface area contributed by atoms with Gasteiger partial charge in [0.1, 0.15) is 6.04 Å². The summed E-state index contributed by atoms with van der Waals surface area (Å²) in [4.78, 5) is 23.7. The minimum Gasteiger partial charge on any atom is -0.480 e. The number of nitrogens with one attached hydrogen (secondary N) is 1. The zero-order valence-electron chi connectivity index (χ0n) is 10.3. The second-order valence-corrected chi connectivity index (χ2v) is 4.87. The fourth-order valence-corrected chi connectivity index (χ4v) is 2.16. The average Bonchev–Trinajstić information content (AvgIpc) is 2.84. The summed E-state index contributed by atoms with van der Waals surface area (Å²) in [5.41, 5.74) is 0. The molecule has 1 unspecified atom stereocenters. The Morgan fingerprint density at radius 2 is 2.33 bits per heavy atom. The van der Waals surface area contributed by atoms with Gasteiger partial charge in [0.2, 0.25) is 5.91 Å². The van der Waals surface area contributed by atoms with Crippen molar-refractivity contribution in [2.45, 2.75) is 32.2 Å². The van der Waals surface area contributed by atoms with Gasteiger partial charge in [-0.2, -0.15) is 0 Å². The van der Waals surface area contributed by atoms with Crippen LogP contribution >= 0.6 is 11.3 Å². The molecular formula is C13H17NO3S. The Labute approximate surface area is 110 Å². The number of carbonyl (C=O) groups is 2. The van der Waals surface area contributed by atoms with Crippen molar-refractivity contribution >= 4 is 23.2 Å². The molecule has 18 heavy (non-hydrogen) atoms. The Bertz CT molecular complexity index is 412. The highest BCUT2D eigenvalue weighted by atomic mass is 32.1. The Kier molecular flexibility index (Phi) is 6.14. The molecule has 98 valence electrons. The minimum atomic E-state index is -1.00. The molecule has 1 aromatic heterocycles. The van der Waals surface area contributed by atoms with Crippen molar-refractivity contribution in [2.75, 3.05) is 0 Å². The van der Waals surface area contributed by atoms with Crippen molar-refractivity contribution in [3.8, 4) is 0 Å². The van der Waals surface area contributed by atoms with E-state index in [1.807, 2.05) is 24.4 Å². The number of carboxylic acid groups (broad SMARTS) is 1. The molecule has 0 bridgehead atoms. The van der Waals surface area contributed by atoms with Crippen LogP contribution in [0.15, 0.2) is 29.7 Å². The first kappa shape index (κ1) is 14.4. The van der Waals surface area contributed by atoms with E-state index in [1.54, 1.807) is 23.5 Å². The normalized spacial score (nSPS) is 12.5. The van der Waals surface area contributed by atoms with Crippen LogP contribution in [0.5, 0.6) is 0 Å². The van der Waals surface area contributed by atoms with Crippen LogP contribution < -0.4 is 5.32 Å². The number of aryl methyl sites for hydroxylation is 1. The molecule has 0 aliphatic rings. The number of thiophene rings is 1. The first-order valence-corrected chi connectivity index (χ1v) is 6.67. The summed E-state index contributed by atoms with van der Waals surface area (Å²) in [5, 5.41) is 13.4. The molecule has 1 rings (SSSR count). The number of hydrogen-bond acceptors (Lipinski definition) is 3. The molecule has 4 nitrogen and oxygen atoms in total. The molecule has 0 aromatic carbocycles. The number of amides is 1. The molecular weight excluding hydrogens is 250 g/mol. The van der Waals surface area contributed by atoms with Gasteiger partial charge < -0.3 is 10.4 Å². The van der Waals surface area contributed by atoms with Crippen LogP contribution in [0.2, 0.25) is 0 Å². The third-order valence-electron chi connectivity index (χ3n) is 2.42. The average molecular weight is 267 g/mol. The van der Waals surface area contributed by atoms with E-state index in [-0.39, 0.29) is 5.91 Å². The first-order chi connectivity index (χ1) is 8.63. The van der Waals surface area contributed by atoms with E-state index in [0.717, 1.165) is 4.88 Å². The molecule has 0 saturated heterocycles. The number of aliphatic carboxylic acids is 1. The van der Waals surface area contributed by atoms with Crippen molar-refractivity contribution in [3.63, 3.8) is 0 Å². The van der Waals surface area contributed by atoms with E-state index in [1.165, 1.54) is 0 Å². The highest BCUT2D eigenvalue weighted by molar-refractivity contribution is 7.09. The van der Waals surface area contributed by atoms with Gasteiger partial charge in [0.25, 0.3) is 0 Å². The van der Waals surface area contributed by atoms with E-state index in [2.05, 4.69) is 5.32 Å². The van der Waals surface area contributed by atoms with E-state index in [0.29, 0.717) is 19.3 Å². The zero-order chi connectivity index (χ0) is 13.4. The topological polar surface area (TPSA) is 66.4 Å². The molecule has 0 fully saturated rings. The molecule has 5 heteroatoms. The largest absolute Gasteiger partial charge is 0.480 e. The Balaban J connectivity index is 2.38. The first-order valence-electron chi connectivity index (χ1n) is 5.79. The van der Waals surface area contributed by atoms with E-state index in [9.17, 15) is 9.59 Å². The van der Waals surface area contributed by atoms with Gasteiger partial charge in [-0.25, -0.2) is 4.79 Å². The highest BCUT2D eigenvalue weighted by Gasteiger charge is 2.17. The molecule has 0 spiro atoms. The molecule has 0 aliphatic carbocycles. The molecule has 1 aromatic rings. The van der Waals surface area contributed by atoms with Crippen LogP contribution in [0.4, 0.5) is 0 Å². The van der Waals surface area contributed by atoms with Gasteiger partial charge in [-0.15, -0.1) is 11.3 Å². The zero-order valence-corrected chi connectivity index (χ0v) is 11.1. The van der Waals surface area contributed by atoms with Gasteiger partial charge >= 0.3 is 5.97 Å². The van der Waals surface area contributed by atoms with E-state index >= 15 is 0 Å². The number of carboxylic acids is 1. The maximum Gasteiger partial charge on any atom is 0.326 e. The Hall–Kier alpha value is -1.62. The molecule has 0 saturated carbocycles. The van der Waals surface area contributed by atoms with Crippen molar-refractivity contribution < 1.29 is 14.7 Å². The lowest BCUT2D eigenvalue weighted by molar-refractivity contribution is -0.141. The summed E-state index contributed by atoms with van der Waals surface area (Å²) in [6, 6.07) is 3.06. The summed E-state index contributed by atoms with van der Waals surface area (Å²) in [6.07, 6.45) is 4.79. The van der Waals surface area contributed by atoms with Crippen LogP contribution in [-0.4, -0.2) is 23.0 Å². The SMILES string of the molecule is C/C=C/CC(NC(=O)CCc1cccs1)C(=O)O. The maximum atomic E-state index is 11.6. The molecule has 1 atom stereocenters. The van der Waals surface area contributed by atoms with Crippen LogP contribution in [-0.2, 0) is 16.0 Å². The Morgan fingerprint density at radius 1 is 1.56 bits per heavy atom. The fourth-order valence-electron chi connectivity index (χ4n) is 1.45. The van der Waals surface area contributed by atoms with Crippen molar-refractivity contribution in [3.05, 3.63) is 34.5 Å². The Morgan fingerprint density at radius 3 is 2.89 bits per heavy atom. The van der Waals surface area contributed by atoms with E-state index < -0.39 is 12.0 Å². The molecule has 2 N–H and O–H groups in total. The molecule has 1 heterocycles. The third kappa shape index (κ3) is 5.14. The van der Waals surface area contributed by atoms with Gasteiger partial charge in [-0.3, -0.25) is 4.79 Å². The summed E-state index contributed by atoms with van der Waals surface area (Å²) in [5.74, 6) is -1.22. The summed E-state index contributed by atoms with van der Waals surface area (Å²) in [7, 11) is 0. The van der Waals surface area contributed by atoms with Gasteiger partial charge in [0.15, 0.2) is 0 Å². The van der Waals surface area contributed by atoms with Gasteiger partial charge in [-0.1, -0.05) is 18.2 Å². The van der Waals surface area contributed by atoms with E-state index in [4.69, 9.17) is 5.11 Å². The number of carbonyl (C=O) groups excluding carboxylic acids is 1. The third-order valence-corrected chi connectivity index (χ3v) is 3.36. The minimum absolute atomic E-state index is 0.222. The van der Waals surface area contributed by atoms with Gasteiger partial charge in [-0.05, 0) is 31.2 Å². The monoisotopic (exact) mass is 267 g/mol. The van der Waals surface area contributed by atoms with Crippen LogP contribution in [0.3, 0.4) is 0 Å². The van der Waals surface area contributed by atoms with Gasteiger partial charge in [0, 0.05) is 11.3 Å². The predicted octanol–water partition coefficient (Wildman–Crippen LogP) is 2.22. The molecule has 0 aliphatic heterocycles. The summed E-state index contributed by atoms with van der Waals surface area (Å²) >= 11 is 1.60. The van der Waals surface area contributed by atoms with Crippen LogP contribution in [0.1, 0.15) is 24.6 Å². The maximum absolute atomic E-state index is 11.6. The number of hydrogen-bond donors (Lipinski definition) is 2.